The van der Waals surface area contributed by atoms with Gasteiger partial charge in [0.15, 0.2) is 0 Å². The fourth-order valence-corrected chi connectivity index (χ4v) is 4.44. The van der Waals surface area contributed by atoms with E-state index < -0.39 is 13.6 Å². The molecule has 0 amide bonds. The lowest BCUT2D eigenvalue weighted by Gasteiger charge is -2.15. The van der Waals surface area contributed by atoms with Crippen LogP contribution in [0.3, 0.4) is 0 Å². The van der Waals surface area contributed by atoms with E-state index in [1.807, 2.05) is 19.9 Å². The van der Waals surface area contributed by atoms with E-state index in [-0.39, 0.29) is 31.1 Å². The Labute approximate surface area is 165 Å². The number of carbonyl (C=O) groups is 1. The summed E-state index contributed by atoms with van der Waals surface area (Å²) in [7, 11) is -1.76. The van der Waals surface area contributed by atoms with Crippen LogP contribution in [0.25, 0.3) is 0 Å². The largest absolute Gasteiger partial charge is 0.507 e. The zero-order chi connectivity index (χ0) is 20.9. The summed E-state index contributed by atoms with van der Waals surface area (Å²) in [4.78, 5) is 12.0. The van der Waals surface area contributed by atoms with Gasteiger partial charge in [-0.15, -0.1) is 0 Å². The standard InChI is InChI=1S/C20H27O7P/c1-6-26-28(23,27-7-2)11-10-13(3)8-9-15-18(21)17-16(12-25-20(17)22)14(4)19(15)24-5/h8,10-11,21H,6-7,9,12H2,1-5H3. The molecule has 0 fully saturated rings. The summed E-state index contributed by atoms with van der Waals surface area (Å²) in [5.41, 5.74) is 2.92. The quantitative estimate of drug-likeness (QED) is 0.360. The highest BCUT2D eigenvalue weighted by Gasteiger charge is 2.31. The molecule has 0 atom stereocenters. The Balaban J connectivity index is 2.32. The number of esters is 1. The van der Waals surface area contributed by atoms with Crippen LogP contribution in [0.15, 0.2) is 23.5 Å². The van der Waals surface area contributed by atoms with E-state index in [0.717, 1.165) is 11.1 Å². The topological polar surface area (TPSA) is 91.3 Å². The molecule has 1 aromatic carbocycles. The molecule has 7 nitrogen and oxygen atoms in total. The molecule has 0 aromatic heterocycles. The number of fused-ring (bicyclic) bond motifs is 1. The minimum atomic E-state index is -3.28. The van der Waals surface area contributed by atoms with E-state index in [2.05, 4.69) is 0 Å². The molecule has 0 unspecified atom stereocenters. The van der Waals surface area contributed by atoms with Gasteiger partial charge in [-0.25, -0.2) is 4.79 Å². The molecular formula is C20H27O7P. The van der Waals surface area contributed by atoms with Crippen molar-refractivity contribution in [1.29, 1.82) is 0 Å². The molecule has 0 saturated carbocycles. The van der Waals surface area contributed by atoms with Gasteiger partial charge in [-0.1, -0.05) is 17.7 Å². The number of rotatable bonds is 9. The van der Waals surface area contributed by atoms with Crippen LogP contribution in [0.5, 0.6) is 11.5 Å². The second kappa shape index (κ2) is 9.41. The van der Waals surface area contributed by atoms with Gasteiger partial charge >= 0.3 is 13.6 Å². The third-order valence-electron chi connectivity index (χ3n) is 4.41. The van der Waals surface area contributed by atoms with E-state index in [4.69, 9.17) is 18.5 Å². The van der Waals surface area contributed by atoms with Gasteiger partial charge in [-0.2, -0.15) is 0 Å². The Hall–Kier alpha value is -2.08. The van der Waals surface area contributed by atoms with E-state index in [1.165, 1.54) is 12.9 Å². The van der Waals surface area contributed by atoms with Crippen LogP contribution in [0.2, 0.25) is 0 Å². The number of cyclic esters (lactones) is 1. The zero-order valence-electron chi connectivity index (χ0n) is 16.9. The Bertz CT molecular complexity index is 845. The highest BCUT2D eigenvalue weighted by Crippen LogP contribution is 2.49. The lowest BCUT2D eigenvalue weighted by molar-refractivity contribution is 0.0533. The summed E-state index contributed by atoms with van der Waals surface area (Å²) in [6.45, 7) is 7.85. The number of hydrogen-bond donors (Lipinski definition) is 1. The average Bonchev–Trinajstić information content (AvgIpc) is 3.04. The summed E-state index contributed by atoms with van der Waals surface area (Å²) in [5.74, 6) is 1.29. The Morgan fingerprint density at radius 2 is 1.93 bits per heavy atom. The van der Waals surface area contributed by atoms with E-state index in [9.17, 15) is 14.5 Å². The van der Waals surface area contributed by atoms with E-state index in [0.29, 0.717) is 23.3 Å². The molecule has 8 heteroatoms. The number of aromatic hydroxyl groups is 1. The minimum absolute atomic E-state index is 0.123. The number of carbonyl (C=O) groups excluding carboxylic acids is 1. The van der Waals surface area contributed by atoms with Crippen LogP contribution >= 0.6 is 7.60 Å². The SMILES string of the molecule is CCOP(=O)(C=CC(C)=CCc1c(O)c2c(c(C)c1OC)COC2=O)OCC. The summed E-state index contributed by atoms with van der Waals surface area (Å²) in [5, 5.41) is 10.6. The maximum atomic E-state index is 12.5. The molecule has 28 heavy (non-hydrogen) atoms. The minimum Gasteiger partial charge on any atom is -0.507 e. The Morgan fingerprint density at radius 1 is 1.29 bits per heavy atom. The van der Waals surface area contributed by atoms with Crippen molar-refractivity contribution in [3.05, 3.63) is 45.8 Å². The van der Waals surface area contributed by atoms with Gasteiger partial charge in [-0.3, -0.25) is 4.57 Å². The first kappa shape index (κ1) is 22.2. The van der Waals surface area contributed by atoms with Crippen molar-refractivity contribution in [2.24, 2.45) is 0 Å². The number of phenols is 1. The smallest absolute Gasteiger partial charge is 0.354 e. The van der Waals surface area contributed by atoms with Gasteiger partial charge < -0.3 is 23.6 Å². The maximum absolute atomic E-state index is 12.5. The highest BCUT2D eigenvalue weighted by atomic mass is 31.2. The van der Waals surface area contributed by atoms with Crippen molar-refractivity contribution in [3.8, 4) is 11.5 Å². The van der Waals surface area contributed by atoms with Crippen LogP contribution in [0.4, 0.5) is 0 Å². The predicted molar refractivity (Wildman–Crippen MR) is 106 cm³/mol. The number of benzene rings is 1. The van der Waals surface area contributed by atoms with Crippen LogP contribution in [0, 0.1) is 6.92 Å². The van der Waals surface area contributed by atoms with Crippen molar-refractivity contribution in [2.45, 2.75) is 40.7 Å². The number of allylic oxidation sites excluding steroid dienone is 3. The Morgan fingerprint density at radius 3 is 2.50 bits per heavy atom. The third-order valence-corrected chi connectivity index (χ3v) is 6.16. The normalized spacial score (nSPS) is 14.5. The average molecular weight is 410 g/mol. The third kappa shape index (κ3) is 4.66. The summed E-state index contributed by atoms with van der Waals surface area (Å²) in [6, 6.07) is 0. The summed E-state index contributed by atoms with van der Waals surface area (Å²) in [6.07, 6.45) is 3.81. The molecule has 1 aliphatic rings. The zero-order valence-corrected chi connectivity index (χ0v) is 17.8. The van der Waals surface area contributed by atoms with Gasteiger partial charge in [0.25, 0.3) is 0 Å². The van der Waals surface area contributed by atoms with Crippen LogP contribution in [-0.2, 0) is 31.4 Å². The van der Waals surface area contributed by atoms with Crippen molar-refractivity contribution in [2.75, 3.05) is 20.3 Å². The number of phenolic OH excluding ortho intramolecular Hbond substituents is 1. The fourth-order valence-electron chi connectivity index (χ4n) is 3.05. The second-order valence-electron chi connectivity index (χ2n) is 6.26. The lowest BCUT2D eigenvalue weighted by Crippen LogP contribution is -2.03. The van der Waals surface area contributed by atoms with Crippen molar-refractivity contribution in [3.63, 3.8) is 0 Å². The van der Waals surface area contributed by atoms with E-state index >= 15 is 0 Å². The number of methoxy groups -OCH3 is 1. The van der Waals surface area contributed by atoms with Gasteiger partial charge in [0, 0.05) is 16.9 Å². The van der Waals surface area contributed by atoms with Crippen LogP contribution in [-0.4, -0.2) is 31.4 Å². The maximum Gasteiger partial charge on any atom is 0.354 e. The predicted octanol–water partition coefficient (Wildman–Crippen LogP) is 4.65. The fraction of sp³-hybridized carbons (Fsp3) is 0.450. The first-order chi connectivity index (χ1) is 13.3. The molecule has 0 spiro atoms. The summed E-state index contributed by atoms with van der Waals surface area (Å²) >= 11 is 0. The van der Waals surface area contributed by atoms with Crippen molar-refractivity contribution < 1.29 is 33.0 Å². The lowest BCUT2D eigenvalue weighted by atomic mass is 9.95. The molecule has 1 aromatic rings. The van der Waals surface area contributed by atoms with Crippen molar-refractivity contribution in [1.82, 2.24) is 0 Å². The molecule has 0 saturated heterocycles. The van der Waals surface area contributed by atoms with Gasteiger partial charge in [0.1, 0.15) is 23.7 Å². The number of ether oxygens (including phenoxy) is 2. The molecule has 1 aliphatic heterocycles. The molecule has 154 valence electrons. The first-order valence-electron chi connectivity index (χ1n) is 9.11. The van der Waals surface area contributed by atoms with Crippen LogP contribution in [0.1, 0.15) is 47.8 Å². The first-order valence-corrected chi connectivity index (χ1v) is 10.7. The molecule has 2 rings (SSSR count). The van der Waals surface area contributed by atoms with Gasteiger partial charge in [0.05, 0.1) is 20.3 Å². The Kier molecular flexibility index (Phi) is 7.47. The molecular weight excluding hydrogens is 383 g/mol. The van der Waals surface area contributed by atoms with Gasteiger partial charge in [0.2, 0.25) is 0 Å². The van der Waals surface area contributed by atoms with Gasteiger partial charge in [-0.05, 0) is 39.7 Å². The van der Waals surface area contributed by atoms with Crippen molar-refractivity contribution >= 4 is 13.6 Å². The molecule has 1 N–H and O–H groups in total. The summed E-state index contributed by atoms with van der Waals surface area (Å²) < 4.78 is 33.5. The number of hydrogen-bond acceptors (Lipinski definition) is 7. The highest BCUT2D eigenvalue weighted by molar-refractivity contribution is 7.57. The molecule has 0 aliphatic carbocycles. The monoisotopic (exact) mass is 410 g/mol. The molecule has 1 heterocycles. The molecule has 0 bridgehead atoms. The second-order valence-corrected chi connectivity index (χ2v) is 8.15. The molecule has 0 radical (unpaired) electrons. The van der Waals surface area contributed by atoms with E-state index in [1.54, 1.807) is 19.9 Å². The van der Waals surface area contributed by atoms with Crippen LogP contribution < -0.4 is 4.74 Å².